The van der Waals surface area contributed by atoms with E-state index in [2.05, 4.69) is 20.0 Å². The number of aromatic nitrogens is 4. The van der Waals surface area contributed by atoms with Gasteiger partial charge in [0, 0.05) is 43.6 Å². The molecule has 2 aromatic heterocycles. The third kappa shape index (κ3) is 4.57. The molecule has 3 aliphatic rings. The van der Waals surface area contributed by atoms with Crippen molar-refractivity contribution in [2.24, 2.45) is 0 Å². The van der Waals surface area contributed by atoms with Gasteiger partial charge in [-0.05, 0) is 63.9 Å². The van der Waals surface area contributed by atoms with E-state index in [9.17, 15) is 4.39 Å². The van der Waals surface area contributed by atoms with Crippen LogP contribution in [-0.2, 0) is 9.47 Å². The second-order valence-electron chi connectivity index (χ2n) is 10.3. The summed E-state index contributed by atoms with van der Waals surface area (Å²) >= 11 is 0. The lowest BCUT2D eigenvalue weighted by molar-refractivity contribution is -0.191. The second kappa shape index (κ2) is 9.64. The number of aryl methyl sites for hydroxylation is 1. The molecule has 0 amide bonds. The highest BCUT2D eigenvalue weighted by atomic mass is 19.1. The van der Waals surface area contributed by atoms with Crippen LogP contribution in [0.5, 0.6) is 0 Å². The summed E-state index contributed by atoms with van der Waals surface area (Å²) < 4.78 is 43.3. The molecular weight excluding hydrogens is 466 g/mol. The monoisotopic (exact) mass is 498 g/mol. The maximum absolute atomic E-state index is 15.0. The third-order valence-corrected chi connectivity index (χ3v) is 7.51. The van der Waals surface area contributed by atoms with Crippen molar-refractivity contribution in [3.05, 3.63) is 41.6 Å². The van der Waals surface area contributed by atoms with Crippen molar-refractivity contribution in [2.75, 3.05) is 44.7 Å². The predicted molar refractivity (Wildman–Crippen MR) is 132 cm³/mol. The Kier molecular flexibility index (Phi) is 6.35. The van der Waals surface area contributed by atoms with Gasteiger partial charge in [-0.1, -0.05) is 0 Å². The van der Waals surface area contributed by atoms with Gasteiger partial charge in [0.05, 0.1) is 17.8 Å². The van der Waals surface area contributed by atoms with Crippen molar-refractivity contribution in [1.29, 1.82) is 0 Å². The zero-order chi connectivity index (χ0) is 24.8. The van der Waals surface area contributed by atoms with Crippen LogP contribution in [0.4, 0.5) is 14.6 Å². The topological polar surface area (TPSA) is 68.5 Å². The first-order chi connectivity index (χ1) is 17.4. The molecular formula is C26H32F2N6O2. The molecule has 1 aromatic carbocycles. The lowest BCUT2D eigenvalue weighted by Gasteiger charge is -2.41. The molecule has 0 saturated carbocycles. The van der Waals surface area contributed by atoms with Crippen LogP contribution in [0.2, 0.25) is 0 Å². The smallest absolute Gasteiger partial charge is 0.159 e. The van der Waals surface area contributed by atoms with Gasteiger partial charge >= 0.3 is 0 Å². The summed E-state index contributed by atoms with van der Waals surface area (Å²) in [5.41, 5.74) is 1.12. The fourth-order valence-corrected chi connectivity index (χ4v) is 5.49. The number of hydrogen-bond acceptors (Lipinski definition) is 7. The Morgan fingerprint density at radius 1 is 1.06 bits per heavy atom. The highest BCUT2D eigenvalue weighted by molar-refractivity contribution is 5.81. The maximum atomic E-state index is 15.0. The van der Waals surface area contributed by atoms with Gasteiger partial charge in [0.25, 0.3) is 0 Å². The molecule has 0 aliphatic carbocycles. The molecule has 6 rings (SSSR count). The Hall–Kier alpha value is -2.69. The second-order valence-corrected chi connectivity index (χ2v) is 10.3. The van der Waals surface area contributed by atoms with Crippen LogP contribution in [-0.4, -0.2) is 83.0 Å². The lowest BCUT2D eigenvalue weighted by atomic mass is 9.87. The Labute approximate surface area is 209 Å². The molecule has 3 fully saturated rings. The van der Waals surface area contributed by atoms with Gasteiger partial charge in [0.15, 0.2) is 12.1 Å². The summed E-state index contributed by atoms with van der Waals surface area (Å²) in [6.07, 6.45) is 4.29. The summed E-state index contributed by atoms with van der Waals surface area (Å²) in [6.45, 7) is 5.13. The molecule has 10 heteroatoms. The minimum Gasteiger partial charge on any atom is -0.353 e. The molecule has 3 aliphatic heterocycles. The summed E-state index contributed by atoms with van der Waals surface area (Å²) in [4.78, 5) is 13.3. The molecule has 0 N–H and O–H groups in total. The molecule has 3 aromatic rings. The maximum Gasteiger partial charge on any atom is 0.159 e. The van der Waals surface area contributed by atoms with Crippen molar-refractivity contribution in [3.63, 3.8) is 0 Å². The van der Waals surface area contributed by atoms with Crippen molar-refractivity contribution >= 4 is 16.7 Å². The summed E-state index contributed by atoms with van der Waals surface area (Å²) in [5, 5.41) is 5.15. The van der Waals surface area contributed by atoms with Gasteiger partial charge in [0.2, 0.25) is 0 Å². The van der Waals surface area contributed by atoms with Gasteiger partial charge in [-0.2, -0.15) is 5.10 Å². The number of alkyl halides is 1. The normalized spacial score (nSPS) is 25.9. The quantitative estimate of drug-likeness (QED) is 0.531. The number of anilines is 1. The Morgan fingerprint density at radius 2 is 1.89 bits per heavy atom. The van der Waals surface area contributed by atoms with Gasteiger partial charge in [-0.15, -0.1) is 0 Å². The van der Waals surface area contributed by atoms with Crippen LogP contribution in [0.1, 0.15) is 43.0 Å². The molecule has 1 unspecified atom stereocenters. The molecule has 36 heavy (non-hydrogen) atoms. The van der Waals surface area contributed by atoms with Gasteiger partial charge in [-0.25, -0.2) is 23.4 Å². The Bertz CT molecular complexity index is 1240. The molecule has 3 saturated heterocycles. The van der Waals surface area contributed by atoms with Crippen molar-refractivity contribution in [3.8, 4) is 5.82 Å². The average Bonchev–Trinajstić information content (AvgIpc) is 3.24. The van der Waals surface area contributed by atoms with Crippen molar-refractivity contribution in [1.82, 2.24) is 24.6 Å². The first-order valence-corrected chi connectivity index (χ1v) is 12.8. The SMILES string of the molecule is Cc1nc(N2CC(OC3CCCCO3)C2)cc(-n2ncc3cc(F)c([C@H]4CCN(C)C[C@H]4F)cc32)n1. The van der Waals surface area contributed by atoms with E-state index in [1.165, 1.54) is 6.07 Å². The molecule has 3 atom stereocenters. The number of rotatable bonds is 5. The largest absolute Gasteiger partial charge is 0.353 e. The van der Waals surface area contributed by atoms with Crippen LogP contribution in [0.3, 0.4) is 0 Å². The third-order valence-electron chi connectivity index (χ3n) is 7.51. The van der Waals surface area contributed by atoms with Crippen LogP contribution in [0, 0.1) is 12.7 Å². The van der Waals surface area contributed by atoms with E-state index in [1.807, 2.05) is 24.9 Å². The van der Waals surface area contributed by atoms with Crippen molar-refractivity contribution < 1.29 is 18.3 Å². The number of hydrogen-bond donors (Lipinski definition) is 0. The lowest BCUT2D eigenvalue weighted by Crippen LogP contribution is -2.54. The molecule has 5 heterocycles. The fraction of sp³-hybridized carbons (Fsp3) is 0.577. The molecule has 0 spiro atoms. The zero-order valence-electron chi connectivity index (χ0n) is 20.7. The summed E-state index contributed by atoms with van der Waals surface area (Å²) in [6, 6.07) is 5.09. The number of fused-ring (bicyclic) bond motifs is 1. The summed E-state index contributed by atoms with van der Waals surface area (Å²) in [7, 11) is 1.89. The number of ether oxygens (including phenoxy) is 2. The van der Waals surface area contributed by atoms with E-state index in [0.717, 1.165) is 51.3 Å². The van der Waals surface area contributed by atoms with E-state index in [4.69, 9.17) is 9.47 Å². The zero-order valence-corrected chi connectivity index (χ0v) is 20.7. The highest BCUT2D eigenvalue weighted by Crippen LogP contribution is 2.34. The number of benzene rings is 1. The van der Waals surface area contributed by atoms with E-state index in [-0.39, 0.29) is 18.2 Å². The molecule has 192 valence electrons. The molecule has 8 nitrogen and oxygen atoms in total. The number of piperidine rings is 1. The van der Waals surface area contributed by atoms with Crippen molar-refractivity contribution in [2.45, 2.75) is 57.1 Å². The molecule has 0 radical (unpaired) electrons. The van der Waals surface area contributed by atoms with Crippen LogP contribution in [0.15, 0.2) is 24.4 Å². The van der Waals surface area contributed by atoms with Gasteiger partial charge in [0.1, 0.15) is 23.6 Å². The first kappa shape index (κ1) is 23.7. The minimum absolute atomic E-state index is 0.105. The Balaban J connectivity index is 1.25. The number of halogens is 2. The highest BCUT2D eigenvalue weighted by Gasteiger charge is 2.33. The van der Waals surface area contributed by atoms with Gasteiger partial charge < -0.3 is 19.3 Å². The standard InChI is InChI=1S/C26H32F2N6O2/c1-16-30-24(33-13-18(14-33)36-26-5-3-4-8-35-26)11-25(31-16)34-23-10-20(21(27)9-17(23)12-29-34)19-6-7-32(2)15-22(19)28/h9-12,18-19,22,26H,3-8,13-15H2,1-2H3/t19-,22-,26?/m1/s1. The van der Waals surface area contributed by atoms with Crippen LogP contribution < -0.4 is 4.90 Å². The van der Waals surface area contributed by atoms with Crippen LogP contribution >= 0.6 is 0 Å². The fourth-order valence-electron chi connectivity index (χ4n) is 5.49. The predicted octanol–water partition coefficient (Wildman–Crippen LogP) is 3.75. The van der Waals surface area contributed by atoms with E-state index in [1.54, 1.807) is 16.9 Å². The Morgan fingerprint density at radius 3 is 2.67 bits per heavy atom. The van der Waals surface area contributed by atoms with E-state index >= 15 is 4.39 Å². The first-order valence-electron chi connectivity index (χ1n) is 12.8. The average molecular weight is 499 g/mol. The van der Waals surface area contributed by atoms with Gasteiger partial charge in [-0.3, -0.25) is 0 Å². The number of nitrogens with zero attached hydrogens (tertiary/aromatic N) is 6. The number of likely N-dealkylation sites (tertiary alicyclic amines) is 1. The van der Waals surface area contributed by atoms with E-state index < -0.39 is 12.1 Å². The minimum atomic E-state index is -1.11. The van der Waals surface area contributed by atoms with E-state index in [0.29, 0.717) is 41.1 Å². The van der Waals surface area contributed by atoms with Crippen LogP contribution in [0.25, 0.3) is 16.7 Å². The molecule has 0 bridgehead atoms. The summed E-state index contributed by atoms with van der Waals surface area (Å²) in [5.74, 6) is 1.17.